The van der Waals surface area contributed by atoms with Crippen molar-refractivity contribution >= 4 is 34.8 Å². The average molecular weight is 373 g/mol. The van der Waals surface area contributed by atoms with E-state index in [1.54, 1.807) is 36.5 Å². The molecule has 26 heavy (non-hydrogen) atoms. The quantitative estimate of drug-likeness (QED) is 0.729. The fraction of sp³-hybridized carbons (Fsp3) is 0.0556. The maximum Gasteiger partial charge on any atom is 0.276 e. The van der Waals surface area contributed by atoms with Gasteiger partial charge in [-0.3, -0.25) is 9.59 Å². The monoisotopic (exact) mass is 372 g/mol. The molecule has 0 aliphatic heterocycles. The number of hydrogen-bond acceptors (Lipinski definition) is 3. The van der Waals surface area contributed by atoms with Crippen LogP contribution >= 0.6 is 11.6 Å². The molecule has 1 aromatic heterocycles. The SMILES string of the molecule is CC(=O)Nc1ccc(NC(=O)c2ccn(-c3ccc(F)cc3)n2)cc1Cl. The van der Waals surface area contributed by atoms with Crippen molar-refractivity contribution < 1.29 is 14.0 Å². The molecule has 0 radical (unpaired) electrons. The molecular formula is C18H14ClFN4O2. The Morgan fingerprint density at radius 2 is 1.81 bits per heavy atom. The summed E-state index contributed by atoms with van der Waals surface area (Å²) in [4.78, 5) is 23.4. The first-order chi connectivity index (χ1) is 12.4. The van der Waals surface area contributed by atoms with Gasteiger partial charge < -0.3 is 10.6 Å². The second-order valence-corrected chi connectivity index (χ2v) is 5.86. The number of nitrogens with one attached hydrogen (secondary N) is 2. The van der Waals surface area contributed by atoms with Gasteiger partial charge in [-0.15, -0.1) is 0 Å². The molecule has 0 bridgehead atoms. The van der Waals surface area contributed by atoms with Crippen LogP contribution in [0.4, 0.5) is 15.8 Å². The number of anilines is 2. The zero-order valence-corrected chi connectivity index (χ0v) is 14.4. The highest BCUT2D eigenvalue weighted by molar-refractivity contribution is 6.34. The minimum atomic E-state index is -0.422. The summed E-state index contributed by atoms with van der Waals surface area (Å²) in [5.41, 5.74) is 1.74. The second-order valence-electron chi connectivity index (χ2n) is 5.45. The lowest BCUT2D eigenvalue weighted by molar-refractivity contribution is -0.114. The average Bonchev–Trinajstić information content (AvgIpc) is 3.08. The van der Waals surface area contributed by atoms with Crippen LogP contribution in [-0.2, 0) is 4.79 Å². The van der Waals surface area contributed by atoms with E-state index in [9.17, 15) is 14.0 Å². The molecule has 1 heterocycles. The molecule has 6 nitrogen and oxygen atoms in total. The van der Waals surface area contributed by atoms with Crippen molar-refractivity contribution in [1.82, 2.24) is 9.78 Å². The van der Waals surface area contributed by atoms with E-state index in [-0.39, 0.29) is 17.4 Å². The fourth-order valence-electron chi connectivity index (χ4n) is 2.26. The lowest BCUT2D eigenvalue weighted by Gasteiger charge is -2.08. The Bertz CT molecular complexity index is 970. The molecule has 2 aromatic carbocycles. The van der Waals surface area contributed by atoms with Crippen LogP contribution < -0.4 is 10.6 Å². The standard InChI is InChI=1S/C18H14ClFN4O2/c1-11(25)21-16-7-4-13(10-15(16)19)22-18(26)17-8-9-24(23-17)14-5-2-12(20)3-6-14/h2-10H,1H3,(H,21,25)(H,22,26). The molecule has 0 saturated heterocycles. The second kappa shape index (κ2) is 7.37. The van der Waals surface area contributed by atoms with E-state index in [4.69, 9.17) is 11.6 Å². The van der Waals surface area contributed by atoms with Crippen molar-refractivity contribution in [3.05, 3.63) is 71.3 Å². The molecule has 3 rings (SSSR count). The molecular weight excluding hydrogens is 359 g/mol. The summed E-state index contributed by atoms with van der Waals surface area (Å²) in [6, 6.07) is 12.0. The minimum Gasteiger partial charge on any atom is -0.325 e. The number of halogens is 2. The Kier molecular flexibility index (Phi) is 4.99. The highest BCUT2D eigenvalue weighted by Crippen LogP contribution is 2.25. The van der Waals surface area contributed by atoms with Crippen LogP contribution in [0.2, 0.25) is 5.02 Å². The van der Waals surface area contributed by atoms with Crippen LogP contribution in [0.5, 0.6) is 0 Å². The molecule has 132 valence electrons. The number of carbonyl (C=O) groups is 2. The molecule has 2 N–H and O–H groups in total. The lowest BCUT2D eigenvalue weighted by Crippen LogP contribution is -2.13. The summed E-state index contributed by atoms with van der Waals surface area (Å²) in [7, 11) is 0. The van der Waals surface area contributed by atoms with Gasteiger partial charge in [-0.25, -0.2) is 9.07 Å². The molecule has 8 heteroatoms. The van der Waals surface area contributed by atoms with Gasteiger partial charge in [-0.05, 0) is 48.5 Å². The molecule has 0 spiro atoms. The maximum absolute atomic E-state index is 13.0. The third-order valence-electron chi connectivity index (χ3n) is 3.45. The van der Waals surface area contributed by atoms with E-state index < -0.39 is 5.91 Å². The van der Waals surface area contributed by atoms with E-state index in [1.807, 2.05) is 0 Å². The van der Waals surface area contributed by atoms with Crippen molar-refractivity contribution in [2.24, 2.45) is 0 Å². The highest BCUT2D eigenvalue weighted by atomic mass is 35.5. The van der Waals surface area contributed by atoms with Crippen LogP contribution in [0.3, 0.4) is 0 Å². The number of amides is 2. The van der Waals surface area contributed by atoms with Gasteiger partial charge in [0.25, 0.3) is 5.91 Å². The van der Waals surface area contributed by atoms with E-state index in [1.165, 1.54) is 29.8 Å². The van der Waals surface area contributed by atoms with Crippen LogP contribution in [-0.4, -0.2) is 21.6 Å². The summed E-state index contributed by atoms with van der Waals surface area (Å²) < 4.78 is 14.5. The normalized spacial score (nSPS) is 10.4. The summed E-state index contributed by atoms with van der Waals surface area (Å²) >= 11 is 6.08. The Morgan fingerprint density at radius 1 is 1.08 bits per heavy atom. The minimum absolute atomic E-state index is 0.191. The van der Waals surface area contributed by atoms with Crippen LogP contribution in [0, 0.1) is 5.82 Å². The Morgan fingerprint density at radius 3 is 2.46 bits per heavy atom. The van der Waals surface area contributed by atoms with E-state index in [0.29, 0.717) is 22.1 Å². The molecule has 0 aliphatic rings. The van der Waals surface area contributed by atoms with E-state index in [0.717, 1.165) is 0 Å². The van der Waals surface area contributed by atoms with Gasteiger partial charge in [-0.2, -0.15) is 5.10 Å². The van der Waals surface area contributed by atoms with Gasteiger partial charge >= 0.3 is 0 Å². The molecule has 3 aromatic rings. The summed E-state index contributed by atoms with van der Waals surface area (Å²) in [6.07, 6.45) is 1.61. The number of hydrogen-bond donors (Lipinski definition) is 2. The summed E-state index contributed by atoms with van der Waals surface area (Å²) in [5.74, 6) is -1.01. The van der Waals surface area contributed by atoms with Crippen LogP contribution in [0.25, 0.3) is 5.69 Å². The summed E-state index contributed by atoms with van der Waals surface area (Å²) in [5, 5.41) is 9.74. The van der Waals surface area contributed by atoms with Gasteiger partial charge in [-0.1, -0.05) is 11.6 Å². The first-order valence-corrected chi connectivity index (χ1v) is 8.00. The van der Waals surface area contributed by atoms with E-state index >= 15 is 0 Å². The van der Waals surface area contributed by atoms with Crippen molar-refractivity contribution in [3.8, 4) is 5.69 Å². The van der Waals surface area contributed by atoms with Gasteiger partial charge in [0.2, 0.25) is 5.91 Å². The van der Waals surface area contributed by atoms with Gasteiger partial charge in [0, 0.05) is 18.8 Å². The largest absolute Gasteiger partial charge is 0.325 e. The number of rotatable bonds is 4. The van der Waals surface area contributed by atoms with Crippen LogP contribution in [0.1, 0.15) is 17.4 Å². The molecule has 0 aliphatic carbocycles. The van der Waals surface area contributed by atoms with Crippen molar-refractivity contribution in [2.75, 3.05) is 10.6 Å². The fourth-order valence-corrected chi connectivity index (χ4v) is 2.49. The molecule has 0 saturated carbocycles. The molecule has 0 unspecified atom stereocenters. The smallest absolute Gasteiger partial charge is 0.276 e. The third kappa shape index (κ3) is 4.07. The Balaban J connectivity index is 1.73. The number of aromatic nitrogens is 2. The Labute approximate surface area is 153 Å². The first-order valence-electron chi connectivity index (χ1n) is 7.62. The van der Waals surface area contributed by atoms with Crippen molar-refractivity contribution in [1.29, 1.82) is 0 Å². The molecule has 2 amide bonds. The van der Waals surface area contributed by atoms with Gasteiger partial charge in [0.15, 0.2) is 5.69 Å². The van der Waals surface area contributed by atoms with Crippen molar-refractivity contribution in [2.45, 2.75) is 6.92 Å². The number of carbonyl (C=O) groups excluding carboxylic acids is 2. The predicted molar refractivity (Wildman–Crippen MR) is 97.2 cm³/mol. The molecule has 0 atom stereocenters. The maximum atomic E-state index is 13.0. The van der Waals surface area contributed by atoms with Gasteiger partial charge in [0.1, 0.15) is 5.82 Å². The molecule has 0 fully saturated rings. The Hall–Kier alpha value is -3.19. The summed E-state index contributed by atoms with van der Waals surface area (Å²) in [6.45, 7) is 1.38. The number of nitrogens with zero attached hydrogens (tertiary/aromatic N) is 2. The van der Waals surface area contributed by atoms with Crippen molar-refractivity contribution in [3.63, 3.8) is 0 Å². The predicted octanol–water partition coefficient (Wildman–Crippen LogP) is 3.88. The third-order valence-corrected chi connectivity index (χ3v) is 3.76. The lowest BCUT2D eigenvalue weighted by atomic mass is 10.2. The zero-order chi connectivity index (χ0) is 18.7. The zero-order valence-electron chi connectivity index (χ0n) is 13.7. The van der Waals surface area contributed by atoms with E-state index in [2.05, 4.69) is 15.7 Å². The first kappa shape index (κ1) is 17.6. The van der Waals surface area contributed by atoms with Crippen LogP contribution in [0.15, 0.2) is 54.7 Å². The topological polar surface area (TPSA) is 76.0 Å². The highest BCUT2D eigenvalue weighted by Gasteiger charge is 2.12. The number of benzene rings is 2. The van der Waals surface area contributed by atoms with Gasteiger partial charge in [0.05, 0.1) is 16.4 Å².